The van der Waals surface area contributed by atoms with E-state index in [1.807, 2.05) is 0 Å². The highest BCUT2D eigenvalue weighted by Crippen LogP contribution is 2.18. The molecule has 66 valence electrons. The number of rotatable bonds is 1. The second kappa shape index (κ2) is 3.56. The van der Waals surface area contributed by atoms with Crippen LogP contribution in [0.2, 0.25) is 0 Å². The van der Waals surface area contributed by atoms with Gasteiger partial charge in [0.1, 0.15) is 0 Å². The molecule has 0 radical (unpaired) electrons. The highest BCUT2D eigenvalue weighted by Gasteiger charge is 2.17. The third kappa shape index (κ3) is 1.68. The molecule has 1 atom stereocenters. The van der Waals surface area contributed by atoms with E-state index in [4.69, 9.17) is 0 Å². The van der Waals surface area contributed by atoms with Crippen LogP contribution in [0.15, 0.2) is 16.8 Å². The molecule has 1 aliphatic rings. The average Bonchev–Trinajstić information content (AvgIpc) is 2.56. The number of piperazine rings is 1. The third-order valence-corrected chi connectivity index (χ3v) is 3.03. The van der Waals surface area contributed by atoms with Gasteiger partial charge in [0.05, 0.1) is 0 Å². The van der Waals surface area contributed by atoms with Gasteiger partial charge in [-0.1, -0.05) is 0 Å². The number of nitrogens with one attached hydrogen (secondary N) is 1. The van der Waals surface area contributed by atoms with Crippen molar-refractivity contribution in [1.82, 2.24) is 10.2 Å². The van der Waals surface area contributed by atoms with Gasteiger partial charge in [-0.15, -0.1) is 0 Å². The second-order valence-electron chi connectivity index (χ2n) is 3.33. The van der Waals surface area contributed by atoms with Crippen molar-refractivity contribution in [2.24, 2.45) is 0 Å². The molecule has 2 rings (SSSR count). The molecule has 1 aromatic heterocycles. The van der Waals surface area contributed by atoms with Crippen LogP contribution in [0.1, 0.15) is 11.6 Å². The van der Waals surface area contributed by atoms with Crippen molar-refractivity contribution < 1.29 is 0 Å². The van der Waals surface area contributed by atoms with Crippen LogP contribution in [0.25, 0.3) is 0 Å². The maximum Gasteiger partial charge on any atom is 0.0457 e. The average molecular weight is 182 g/mol. The minimum absolute atomic E-state index is 0.551. The fourth-order valence-electron chi connectivity index (χ4n) is 1.59. The molecule has 1 N–H and O–H groups in total. The van der Waals surface area contributed by atoms with Gasteiger partial charge in [0.2, 0.25) is 0 Å². The van der Waals surface area contributed by atoms with E-state index in [1.54, 1.807) is 11.3 Å². The normalized spacial score (nSPS) is 25.9. The summed E-state index contributed by atoms with van der Waals surface area (Å²) in [7, 11) is 2.18. The topological polar surface area (TPSA) is 15.3 Å². The smallest absolute Gasteiger partial charge is 0.0457 e. The highest BCUT2D eigenvalue weighted by molar-refractivity contribution is 7.07. The van der Waals surface area contributed by atoms with Crippen LogP contribution in [-0.4, -0.2) is 31.6 Å². The van der Waals surface area contributed by atoms with Gasteiger partial charge in [0.15, 0.2) is 0 Å². The van der Waals surface area contributed by atoms with Crippen molar-refractivity contribution in [2.45, 2.75) is 6.04 Å². The molecule has 1 aliphatic heterocycles. The van der Waals surface area contributed by atoms with Gasteiger partial charge < -0.3 is 10.2 Å². The molecule has 2 nitrogen and oxygen atoms in total. The highest BCUT2D eigenvalue weighted by atomic mass is 32.1. The Morgan fingerprint density at radius 2 is 2.58 bits per heavy atom. The van der Waals surface area contributed by atoms with Crippen LogP contribution in [0.5, 0.6) is 0 Å². The van der Waals surface area contributed by atoms with Gasteiger partial charge >= 0.3 is 0 Å². The van der Waals surface area contributed by atoms with Gasteiger partial charge in [-0.2, -0.15) is 11.3 Å². The van der Waals surface area contributed by atoms with Gasteiger partial charge in [-0.3, -0.25) is 0 Å². The predicted octanol–water partition coefficient (Wildman–Crippen LogP) is 1.32. The SMILES string of the molecule is CN1CCN[C@H](c2ccsc2)C1. The maximum atomic E-state index is 3.52. The summed E-state index contributed by atoms with van der Waals surface area (Å²) in [6, 6.07) is 2.76. The summed E-state index contributed by atoms with van der Waals surface area (Å²) in [6.45, 7) is 3.41. The monoisotopic (exact) mass is 182 g/mol. The standard InChI is InChI=1S/C9H14N2S/c1-11-4-3-10-9(6-11)8-2-5-12-7-8/h2,5,7,9-10H,3-4,6H2,1H3/t9-/m0/s1. The quantitative estimate of drug-likeness (QED) is 0.705. The van der Waals surface area contributed by atoms with E-state index in [-0.39, 0.29) is 0 Å². The first-order valence-corrected chi connectivity index (χ1v) is 5.24. The third-order valence-electron chi connectivity index (χ3n) is 2.32. The van der Waals surface area contributed by atoms with Crippen LogP contribution < -0.4 is 5.32 Å². The zero-order valence-electron chi connectivity index (χ0n) is 7.29. The first-order valence-electron chi connectivity index (χ1n) is 4.30. The molecule has 0 aliphatic carbocycles. The minimum Gasteiger partial charge on any atom is -0.308 e. The molecule has 2 heterocycles. The maximum absolute atomic E-state index is 3.52. The van der Waals surface area contributed by atoms with Crippen LogP contribution in [0.3, 0.4) is 0 Å². The van der Waals surface area contributed by atoms with Crippen molar-refractivity contribution in [3.63, 3.8) is 0 Å². The lowest BCUT2D eigenvalue weighted by Crippen LogP contribution is -2.43. The van der Waals surface area contributed by atoms with Gasteiger partial charge in [0, 0.05) is 25.7 Å². The zero-order chi connectivity index (χ0) is 8.39. The Bertz CT molecular complexity index is 233. The molecular formula is C9H14N2S. The molecule has 1 saturated heterocycles. The summed E-state index contributed by atoms with van der Waals surface area (Å²) < 4.78 is 0. The number of hydrogen-bond donors (Lipinski definition) is 1. The minimum atomic E-state index is 0.551. The Labute approximate surface area is 77.2 Å². The number of likely N-dealkylation sites (N-methyl/N-ethyl adjacent to an activating group) is 1. The van der Waals surface area contributed by atoms with E-state index >= 15 is 0 Å². The molecular weight excluding hydrogens is 168 g/mol. The molecule has 0 amide bonds. The molecule has 3 heteroatoms. The van der Waals surface area contributed by atoms with E-state index in [9.17, 15) is 0 Å². The number of hydrogen-bond acceptors (Lipinski definition) is 3. The Morgan fingerprint density at radius 1 is 1.67 bits per heavy atom. The van der Waals surface area contributed by atoms with E-state index in [2.05, 4.69) is 34.1 Å². The Balaban J connectivity index is 2.04. The van der Waals surface area contributed by atoms with Crippen LogP contribution >= 0.6 is 11.3 Å². The fraction of sp³-hybridized carbons (Fsp3) is 0.556. The predicted molar refractivity (Wildman–Crippen MR) is 52.6 cm³/mol. The molecule has 0 unspecified atom stereocenters. The largest absolute Gasteiger partial charge is 0.308 e. The van der Waals surface area contributed by atoms with Crippen molar-refractivity contribution in [1.29, 1.82) is 0 Å². The fourth-order valence-corrected chi connectivity index (χ4v) is 2.31. The summed E-state index contributed by atoms with van der Waals surface area (Å²) in [5.74, 6) is 0. The molecule has 0 bridgehead atoms. The van der Waals surface area contributed by atoms with Crippen LogP contribution in [0, 0.1) is 0 Å². The molecule has 0 aromatic carbocycles. The van der Waals surface area contributed by atoms with Crippen molar-refractivity contribution in [2.75, 3.05) is 26.7 Å². The Kier molecular flexibility index (Phi) is 2.44. The summed E-state index contributed by atoms with van der Waals surface area (Å²) in [5, 5.41) is 7.89. The molecule has 0 spiro atoms. The number of nitrogens with zero attached hydrogens (tertiary/aromatic N) is 1. The summed E-state index contributed by atoms with van der Waals surface area (Å²) in [5.41, 5.74) is 1.44. The first-order chi connectivity index (χ1) is 5.86. The second-order valence-corrected chi connectivity index (χ2v) is 4.11. The van der Waals surface area contributed by atoms with Crippen molar-refractivity contribution in [3.8, 4) is 0 Å². The van der Waals surface area contributed by atoms with Gasteiger partial charge in [-0.05, 0) is 29.4 Å². The van der Waals surface area contributed by atoms with Crippen LogP contribution in [0.4, 0.5) is 0 Å². The summed E-state index contributed by atoms with van der Waals surface area (Å²) >= 11 is 1.78. The zero-order valence-corrected chi connectivity index (χ0v) is 8.10. The lowest BCUT2D eigenvalue weighted by Gasteiger charge is -2.30. The summed E-state index contributed by atoms with van der Waals surface area (Å²) in [6.07, 6.45) is 0. The van der Waals surface area contributed by atoms with Crippen molar-refractivity contribution >= 4 is 11.3 Å². The Hall–Kier alpha value is -0.380. The molecule has 1 fully saturated rings. The van der Waals surface area contributed by atoms with Gasteiger partial charge in [-0.25, -0.2) is 0 Å². The first kappa shape index (κ1) is 8.23. The number of thiophene rings is 1. The summed E-state index contributed by atoms with van der Waals surface area (Å²) in [4.78, 5) is 2.37. The van der Waals surface area contributed by atoms with Gasteiger partial charge in [0.25, 0.3) is 0 Å². The van der Waals surface area contributed by atoms with Crippen LogP contribution in [-0.2, 0) is 0 Å². The molecule has 0 saturated carbocycles. The lowest BCUT2D eigenvalue weighted by atomic mass is 10.1. The van der Waals surface area contributed by atoms with Crippen molar-refractivity contribution in [3.05, 3.63) is 22.4 Å². The van der Waals surface area contributed by atoms with E-state index in [0.29, 0.717) is 6.04 Å². The van der Waals surface area contributed by atoms with E-state index in [0.717, 1.165) is 13.1 Å². The van der Waals surface area contributed by atoms with E-state index < -0.39 is 0 Å². The lowest BCUT2D eigenvalue weighted by molar-refractivity contribution is 0.241. The van der Waals surface area contributed by atoms with E-state index in [1.165, 1.54) is 12.1 Å². The molecule has 1 aromatic rings. The molecule has 12 heavy (non-hydrogen) atoms. The Morgan fingerprint density at radius 3 is 3.25 bits per heavy atom.